The Balaban J connectivity index is 2.99. The molecule has 1 saturated heterocycles. The lowest BCUT2D eigenvalue weighted by atomic mass is 9.83. The third-order valence-electron chi connectivity index (χ3n) is 4.38. The van der Waals surface area contributed by atoms with Gasteiger partial charge in [-0.25, -0.2) is 0 Å². The molecule has 1 aliphatic rings. The zero-order valence-electron chi connectivity index (χ0n) is 13.6. The molecular formula is C16H30N2O2. The van der Waals surface area contributed by atoms with E-state index in [1.54, 1.807) is 14.0 Å². The fourth-order valence-corrected chi connectivity index (χ4v) is 3.32. The van der Waals surface area contributed by atoms with Crippen LogP contribution in [0.1, 0.15) is 53.4 Å². The maximum Gasteiger partial charge on any atom is 0.217 e. The van der Waals surface area contributed by atoms with Crippen LogP contribution in [-0.4, -0.2) is 42.1 Å². The van der Waals surface area contributed by atoms with Crippen LogP contribution >= 0.6 is 0 Å². The molecule has 4 nitrogen and oxygen atoms in total. The van der Waals surface area contributed by atoms with E-state index < -0.39 is 0 Å². The summed E-state index contributed by atoms with van der Waals surface area (Å²) < 4.78 is 5.92. The summed E-state index contributed by atoms with van der Waals surface area (Å²) in [6.07, 6.45) is 8.46. The van der Waals surface area contributed by atoms with Gasteiger partial charge in [0.1, 0.15) is 5.60 Å². The average molecular weight is 282 g/mol. The second-order valence-electron chi connectivity index (χ2n) is 5.81. The third kappa shape index (κ3) is 3.75. The molecule has 116 valence electrons. The van der Waals surface area contributed by atoms with E-state index in [2.05, 4.69) is 36.3 Å². The Bertz CT molecular complexity index is 343. The molecule has 1 unspecified atom stereocenters. The van der Waals surface area contributed by atoms with Crippen molar-refractivity contribution in [3.05, 3.63) is 12.3 Å². The first kappa shape index (κ1) is 17.0. The highest BCUT2D eigenvalue weighted by Gasteiger charge is 2.45. The van der Waals surface area contributed by atoms with Crippen LogP contribution in [0.3, 0.4) is 0 Å². The van der Waals surface area contributed by atoms with Crippen molar-refractivity contribution in [3.63, 3.8) is 0 Å². The van der Waals surface area contributed by atoms with Crippen LogP contribution in [-0.2, 0) is 9.53 Å². The Morgan fingerprint density at radius 3 is 2.80 bits per heavy atom. The summed E-state index contributed by atoms with van der Waals surface area (Å²) in [7, 11) is 1.76. The number of amides is 1. The summed E-state index contributed by atoms with van der Waals surface area (Å²) in [5.41, 5.74) is -0.363. The lowest BCUT2D eigenvalue weighted by Crippen LogP contribution is -2.60. The van der Waals surface area contributed by atoms with E-state index in [1.807, 2.05) is 6.92 Å². The van der Waals surface area contributed by atoms with Crippen LogP contribution in [0.15, 0.2) is 12.3 Å². The van der Waals surface area contributed by atoms with Gasteiger partial charge in [-0.2, -0.15) is 0 Å². The maximum absolute atomic E-state index is 11.5. The van der Waals surface area contributed by atoms with Gasteiger partial charge < -0.3 is 15.0 Å². The summed E-state index contributed by atoms with van der Waals surface area (Å²) in [5, 5.41) is 3.10. The zero-order chi connectivity index (χ0) is 15.2. The second kappa shape index (κ2) is 7.67. The quantitative estimate of drug-likeness (QED) is 0.780. The first-order chi connectivity index (χ1) is 9.49. The summed E-state index contributed by atoms with van der Waals surface area (Å²) >= 11 is 0. The highest BCUT2D eigenvalue weighted by molar-refractivity contribution is 5.73. The number of hydrogen-bond acceptors (Lipinski definition) is 3. The Morgan fingerprint density at radius 2 is 2.30 bits per heavy atom. The van der Waals surface area contributed by atoms with Crippen molar-refractivity contribution in [1.82, 2.24) is 10.2 Å². The zero-order valence-corrected chi connectivity index (χ0v) is 13.6. The van der Waals surface area contributed by atoms with Crippen molar-refractivity contribution in [2.75, 3.05) is 13.7 Å². The van der Waals surface area contributed by atoms with Crippen molar-refractivity contribution >= 4 is 5.91 Å². The molecule has 0 aromatic heterocycles. The Morgan fingerprint density at radius 1 is 1.60 bits per heavy atom. The van der Waals surface area contributed by atoms with Gasteiger partial charge in [0.05, 0.1) is 12.1 Å². The first-order valence-corrected chi connectivity index (χ1v) is 7.70. The van der Waals surface area contributed by atoms with Gasteiger partial charge in [0, 0.05) is 20.6 Å². The van der Waals surface area contributed by atoms with E-state index in [1.165, 1.54) is 6.42 Å². The molecule has 0 aromatic carbocycles. The Kier molecular flexibility index (Phi) is 6.53. The van der Waals surface area contributed by atoms with Crippen LogP contribution < -0.4 is 5.32 Å². The number of rotatable bonds is 7. The van der Waals surface area contributed by atoms with E-state index >= 15 is 0 Å². The van der Waals surface area contributed by atoms with Crippen molar-refractivity contribution in [3.8, 4) is 0 Å². The molecule has 0 bridgehead atoms. The molecule has 0 radical (unpaired) electrons. The monoisotopic (exact) mass is 282 g/mol. The highest BCUT2D eigenvalue weighted by Crippen LogP contribution is 2.33. The first-order valence-electron chi connectivity index (χ1n) is 7.70. The van der Waals surface area contributed by atoms with Gasteiger partial charge in [-0.3, -0.25) is 4.79 Å². The van der Waals surface area contributed by atoms with Gasteiger partial charge in [-0.05, 0) is 39.3 Å². The normalized spacial score (nSPS) is 23.9. The Labute approximate surface area is 123 Å². The number of hydrogen-bond donors (Lipinski definition) is 1. The average Bonchev–Trinajstić information content (AvgIpc) is 2.86. The molecule has 0 aliphatic carbocycles. The van der Waals surface area contributed by atoms with Crippen LogP contribution in [0.2, 0.25) is 0 Å². The number of allylic oxidation sites excluding steroid dienone is 1. The predicted molar refractivity (Wildman–Crippen MR) is 82.5 cm³/mol. The largest absolute Gasteiger partial charge is 0.374 e. The fourth-order valence-electron chi connectivity index (χ4n) is 3.32. The number of carbonyl (C=O) groups excluding carboxylic acids is 1. The van der Waals surface area contributed by atoms with Gasteiger partial charge in [0.15, 0.2) is 0 Å². The fraction of sp³-hybridized carbons (Fsp3) is 0.812. The molecule has 1 amide bonds. The predicted octanol–water partition coefficient (Wildman–Crippen LogP) is 2.69. The smallest absolute Gasteiger partial charge is 0.217 e. The minimum atomic E-state index is -0.363. The summed E-state index contributed by atoms with van der Waals surface area (Å²) in [6.45, 7) is 8.96. The molecule has 1 aliphatic heterocycles. The van der Waals surface area contributed by atoms with Crippen LogP contribution in [0, 0.1) is 0 Å². The lowest BCUT2D eigenvalue weighted by molar-refractivity contribution is -0.125. The van der Waals surface area contributed by atoms with E-state index in [4.69, 9.17) is 4.74 Å². The molecule has 4 heteroatoms. The van der Waals surface area contributed by atoms with Gasteiger partial charge >= 0.3 is 0 Å². The number of nitrogens with zero attached hydrogens (tertiary/aromatic N) is 1. The number of ether oxygens (including phenoxy) is 1. The van der Waals surface area contributed by atoms with Crippen molar-refractivity contribution in [2.24, 2.45) is 0 Å². The van der Waals surface area contributed by atoms with E-state index in [9.17, 15) is 4.79 Å². The molecule has 20 heavy (non-hydrogen) atoms. The SMILES string of the molecule is C/C=C\N1CCCC1[C@](C)(OC)[C@H](CCC)NC(C)=O. The van der Waals surface area contributed by atoms with E-state index in [0.717, 1.165) is 25.8 Å². The van der Waals surface area contributed by atoms with E-state index in [0.29, 0.717) is 6.04 Å². The molecule has 1 fully saturated rings. The standard InChI is InChI=1S/C16H30N2O2/c1-6-9-14(17-13(3)19)16(4,20-5)15-10-8-12-18(15)11-7-2/h7,11,14-15H,6,8-10,12H2,1-5H3,(H,17,19)/b11-7-/t14-,15?,16+/m0/s1. The van der Waals surface area contributed by atoms with Crippen molar-refractivity contribution in [2.45, 2.75) is 71.1 Å². The van der Waals surface area contributed by atoms with Crippen LogP contribution in [0.25, 0.3) is 0 Å². The van der Waals surface area contributed by atoms with Gasteiger partial charge in [-0.15, -0.1) is 0 Å². The van der Waals surface area contributed by atoms with Gasteiger partial charge in [0.2, 0.25) is 5.91 Å². The molecule has 0 saturated carbocycles. The number of nitrogens with one attached hydrogen (secondary N) is 1. The van der Waals surface area contributed by atoms with E-state index in [-0.39, 0.29) is 17.6 Å². The molecule has 0 spiro atoms. The summed E-state index contributed by atoms with van der Waals surface area (Å²) in [6, 6.07) is 0.359. The number of methoxy groups -OCH3 is 1. The van der Waals surface area contributed by atoms with Crippen molar-refractivity contribution in [1.29, 1.82) is 0 Å². The van der Waals surface area contributed by atoms with Crippen molar-refractivity contribution < 1.29 is 9.53 Å². The molecular weight excluding hydrogens is 252 g/mol. The third-order valence-corrected chi connectivity index (χ3v) is 4.38. The van der Waals surface area contributed by atoms with Crippen LogP contribution in [0.4, 0.5) is 0 Å². The highest BCUT2D eigenvalue weighted by atomic mass is 16.5. The molecule has 1 rings (SSSR count). The lowest BCUT2D eigenvalue weighted by Gasteiger charge is -2.44. The molecule has 1 heterocycles. The molecule has 1 N–H and O–H groups in total. The summed E-state index contributed by atoms with van der Waals surface area (Å²) in [5.74, 6) is 0.0160. The summed E-state index contributed by atoms with van der Waals surface area (Å²) in [4.78, 5) is 13.9. The maximum atomic E-state index is 11.5. The number of likely N-dealkylation sites (tertiary alicyclic amines) is 1. The minimum absolute atomic E-state index is 0.0160. The van der Waals surface area contributed by atoms with Crippen LogP contribution in [0.5, 0.6) is 0 Å². The molecule has 0 aromatic rings. The van der Waals surface area contributed by atoms with Gasteiger partial charge in [-0.1, -0.05) is 19.4 Å². The topological polar surface area (TPSA) is 41.6 Å². The second-order valence-corrected chi connectivity index (χ2v) is 5.81. The minimum Gasteiger partial charge on any atom is -0.374 e. The Hall–Kier alpha value is -1.03. The molecule has 3 atom stereocenters. The van der Waals surface area contributed by atoms with Gasteiger partial charge in [0.25, 0.3) is 0 Å². The number of carbonyl (C=O) groups is 1.